The normalized spacial score (nSPS) is 16.1. The van der Waals surface area contributed by atoms with Gasteiger partial charge in [-0.1, -0.05) is 29.4 Å². The van der Waals surface area contributed by atoms with Crippen LogP contribution < -0.4 is 0 Å². The molecule has 0 atom stereocenters. The fraction of sp³-hybridized carbons (Fsp3) is 0.188. The number of oxime groups is 1. The van der Waals surface area contributed by atoms with Crippen molar-refractivity contribution < 1.29 is 14.7 Å². The Kier molecular flexibility index (Phi) is 3.14. The van der Waals surface area contributed by atoms with Gasteiger partial charge in [-0.2, -0.15) is 0 Å². The van der Waals surface area contributed by atoms with E-state index in [0.717, 1.165) is 41.5 Å². The molecule has 2 aromatic carbocycles. The largest absolute Gasteiger partial charge is 0.505 e. The van der Waals surface area contributed by atoms with Crippen LogP contribution in [0.1, 0.15) is 24.0 Å². The van der Waals surface area contributed by atoms with Gasteiger partial charge in [-0.25, -0.2) is 4.39 Å². The van der Waals surface area contributed by atoms with E-state index in [4.69, 9.17) is 5.21 Å². The fourth-order valence-corrected chi connectivity index (χ4v) is 2.63. The van der Waals surface area contributed by atoms with E-state index in [9.17, 15) is 9.50 Å². The monoisotopic (exact) mass is 271 g/mol. The van der Waals surface area contributed by atoms with E-state index in [1.807, 2.05) is 18.2 Å². The number of nitrogens with zero attached hydrogens (tertiary/aromatic N) is 1. The Bertz CT molecular complexity index is 695. The summed E-state index contributed by atoms with van der Waals surface area (Å²) in [6, 6.07) is 10.1. The third-order valence-corrected chi connectivity index (χ3v) is 3.68. The molecule has 0 spiro atoms. The minimum Gasteiger partial charge on any atom is -0.505 e. The zero-order valence-electron chi connectivity index (χ0n) is 10.8. The summed E-state index contributed by atoms with van der Waals surface area (Å²) in [5.74, 6) is -0.973. The lowest BCUT2D eigenvalue weighted by Gasteiger charge is -2.17. The van der Waals surface area contributed by atoms with Crippen LogP contribution in [0.5, 0.6) is 5.75 Å². The smallest absolute Gasteiger partial charge is 0.165 e. The predicted molar refractivity (Wildman–Crippen MR) is 74.8 cm³/mol. The molecule has 0 saturated heterocycles. The SMILES string of the molecule is O/N=C1\CCCc2cc(-c3ccc(O)c(F)c3)ccc21. The number of phenols is 1. The van der Waals surface area contributed by atoms with Crippen LogP contribution in [-0.2, 0) is 6.42 Å². The van der Waals surface area contributed by atoms with Crippen LogP contribution in [0.2, 0.25) is 0 Å². The van der Waals surface area contributed by atoms with Gasteiger partial charge in [0.2, 0.25) is 0 Å². The van der Waals surface area contributed by atoms with Gasteiger partial charge in [0.15, 0.2) is 11.6 Å². The van der Waals surface area contributed by atoms with Crippen LogP contribution in [0.4, 0.5) is 4.39 Å². The van der Waals surface area contributed by atoms with Crippen LogP contribution in [-0.4, -0.2) is 16.0 Å². The second-order valence-corrected chi connectivity index (χ2v) is 4.94. The van der Waals surface area contributed by atoms with Crippen molar-refractivity contribution in [3.63, 3.8) is 0 Å². The molecule has 0 saturated carbocycles. The molecule has 4 heteroatoms. The van der Waals surface area contributed by atoms with E-state index < -0.39 is 5.82 Å². The Hall–Kier alpha value is -2.36. The van der Waals surface area contributed by atoms with Crippen molar-refractivity contribution in [2.75, 3.05) is 0 Å². The third kappa shape index (κ3) is 2.13. The molecule has 0 aromatic heterocycles. The lowest BCUT2D eigenvalue weighted by molar-refractivity contribution is 0.317. The number of rotatable bonds is 1. The van der Waals surface area contributed by atoms with Gasteiger partial charge in [-0.3, -0.25) is 0 Å². The lowest BCUT2D eigenvalue weighted by Crippen LogP contribution is -2.11. The van der Waals surface area contributed by atoms with Gasteiger partial charge in [0.25, 0.3) is 0 Å². The summed E-state index contributed by atoms with van der Waals surface area (Å²) in [6.45, 7) is 0. The highest BCUT2D eigenvalue weighted by molar-refractivity contribution is 6.02. The lowest BCUT2D eigenvalue weighted by atomic mass is 9.88. The standard InChI is InChI=1S/C16H14FNO2/c17-14-9-11(5-7-16(14)19)10-4-6-13-12(8-10)2-1-3-15(13)18-20/h4-9,19-20H,1-3H2/b18-15+. The van der Waals surface area contributed by atoms with Crippen LogP contribution in [0, 0.1) is 5.82 Å². The molecule has 0 fully saturated rings. The highest BCUT2D eigenvalue weighted by Gasteiger charge is 2.16. The summed E-state index contributed by atoms with van der Waals surface area (Å²) < 4.78 is 13.4. The van der Waals surface area contributed by atoms with Gasteiger partial charge in [0, 0.05) is 5.56 Å². The second kappa shape index (κ2) is 4.96. The quantitative estimate of drug-likeness (QED) is 0.613. The molecule has 0 radical (unpaired) electrons. The Morgan fingerprint density at radius 2 is 1.75 bits per heavy atom. The maximum absolute atomic E-state index is 13.4. The first-order valence-electron chi connectivity index (χ1n) is 6.52. The minimum atomic E-state index is -0.627. The van der Waals surface area contributed by atoms with Crippen LogP contribution in [0.15, 0.2) is 41.6 Å². The zero-order valence-corrected chi connectivity index (χ0v) is 10.8. The molecule has 0 amide bonds. The summed E-state index contributed by atoms with van der Waals surface area (Å²) in [5.41, 5.74) is 4.38. The molecule has 20 heavy (non-hydrogen) atoms. The summed E-state index contributed by atoms with van der Waals surface area (Å²) in [6.07, 6.45) is 2.64. The van der Waals surface area contributed by atoms with Gasteiger partial charge in [-0.15, -0.1) is 0 Å². The van der Waals surface area contributed by atoms with Crippen LogP contribution >= 0.6 is 0 Å². The topological polar surface area (TPSA) is 52.8 Å². The molecule has 3 rings (SSSR count). The molecule has 1 aliphatic rings. The molecule has 0 bridgehead atoms. The first kappa shape index (κ1) is 12.7. The molecular weight excluding hydrogens is 257 g/mol. The molecule has 0 heterocycles. The van der Waals surface area contributed by atoms with Crippen molar-refractivity contribution in [2.45, 2.75) is 19.3 Å². The number of benzene rings is 2. The Morgan fingerprint density at radius 3 is 2.50 bits per heavy atom. The maximum atomic E-state index is 13.4. The number of fused-ring (bicyclic) bond motifs is 1. The van der Waals surface area contributed by atoms with Gasteiger partial charge >= 0.3 is 0 Å². The van der Waals surface area contributed by atoms with Crippen LogP contribution in [0.3, 0.4) is 0 Å². The highest BCUT2D eigenvalue weighted by Crippen LogP contribution is 2.29. The van der Waals surface area contributed by atoms with E-state index in [-0.39, 0.29) is 5.75 Å². The van der Waals surface area contributed by atoms with Crippen LogP contribution in [0.25, 0.3) is 11.1 Å². The number of phenolic OH excluding ortho intramolecular Hbond substituents is 1. The first-order valence-corrected chi connectivity index (χ1v) is 6.52. The molecule has 0 unspecified atom stereocenters. The van der Waals surface area contributed by atoms with Crippen molar-refractivity contribution in [1.29, 1.82) is 0 Å². The highest BCUT2D eigenvalue weighted by atomic mass is 19.1. The summed E-state index contributed by atoms with van der Waals surface area (Å²) in [4.78, 5) is 0. The second-order valence-electron chi connectivity index (χ2n) is 4.94. The Balaban J connectivity index is 2.06. The fourth-order valence-electron chi connectivity index (χ4n) is 2.63. The van der Waals surface area contributed by atoms with E-state index in [0.29, 0.717) is 5.71 Å². The number of hydrogen-bond donors (Lipinski definition) is 2. The Morgan fingerprint density at radius 1 is 1.00 bits per heavy atom. The molecule has 1 aliphatic carbocycles. The van der Waals surface area contributed by atoms with Crippen molar-refractivity contribution in [3.05, 3.63) is 53.3 Å². The van der Waals surface area contributed by atoms with Crippen molar-refractivity contribution in [1.82, 2.24) is 0 Å². The summed E-state index contributed by atoms with van der Waals surface area (Å²) >= 11 is 0. The molecule has 2 aromatic rings. The molecular formula is C16H14FNO2. The summed E-state index contributed by atoms with van der Waals surface area (Å²) in [7, 11) is 0. The molecule has 3 nitrogen and oxygen atoms in total. The number of hydrogen-bond acceptors (Lipinski definition) is 3. The van der Waals surface area contributed by atoms with Gasteiger partial charge in [-0.05, 0) is 48.1 Å². The first-order chi connectivity index (χ1) is 9.69. The predicted octanol–water partition coefficient (Wildman–Crippen LogP) is 3.71. The summed E-state index contributed by atoms with van der Waals surface area (Å²) in [5, 5.41) is 21.6. The Labute approximate surface area is 116 Å². The van der Waals surface area contributed by atoms with E-state index in [2.05, 4.69) is 5.16 Å². The van der Waals surface area contributed by atoms with E-state index >= 15 is 0 Å². The molecule has 102 valence electrons. The van der Waals surface area contributed by atoms with Crippen molar-refractivity contribution in [3.8, 4) is 16.9 Å². The maximum Gasteiger partial charge on any atom is 0.165 e. The van der Waals surface area contributed by atoms with Crippen molar-refractivity contribution in [2.24, 2.45) is 5.16 Å². The van der Waals surface area contributed by atoms with Gasteiger partial charge in [0.05, 0.1) is 5.71 Å². The minimum absolute atomic E-state index is 0.346. The number of halogens is 1. The average molecular weight is 271 g/mol. The van der Waals surface area contributed by atoms with Crippen molar-refractivity contribution >= 4 is 5.71 Å². The van der Waals surface area contributed by atoms with E-state index in [1.165, 1.54) is 12.1 Å². The van der Waals surface area contributed by atoms with Gasteiger partial charge in [0.1, 0.15) is 0 Å². The number of aromatic hydroxyl groups is 1. The zero-order chi connectivity index (χ0) is 14.1. The number of aryl methyl sites for hydroxylation is 1. The van der Waals surface area contributed by atoms with E-state index in [1.54, 1.807) is 6.07 Å². The average Bonchev–Trinajstić information content (AvgIpc) is 2.48. The third-order valence-electron chi connectivity index (χ3n) is 3.68. The molecule has 0 aliphatic heterocycles. The van der Waals surface area contributed by atoms with Gasteiger partial charge < -0.3 is 10.3 Å². The molecule has 2 N–H and O–H groups in total.